The molecule has 0 amide bonds. The van der Waals surface area contributed by atoms with Gasteiger partial charge in [0.2, 0.25) is 0 Å². The highest BCUT2D eigenvalue weighted by molar-refractivity contribution is 4.83. The summed E-state index contributed by atoms with van der Waals surface area (Å²) in [6.45, 7) is 11.6. The molecule has 0 aromatic carbocycles. The second-order valence-corrected chi connectivity index (χ2v) is 5.56. The summed E-state index contributed by atoms with van der Waals surface area (Å²) in [5, 5.41) is 12.8. The van der Waals surface area contributed by atoms with Crippen LogP contribution in [-0.2, 0) is 4.74 Å². The van der Waals surface area contributed by atoms with Crippen molar-refractivity contribution in [2.45, 2.75) is 78.0 Å². The lowest BCUT2D eigenvalue weighted by Crippen LogP contribution is -2.49. The first-order valence-corrected chi connectivity index (χ1v) is 6.93. The molecule has 0 saturated carbocycles. The van der Waals surface area contributed by atoms with Gasteiger partial charge in [-0.05, 0) is 39.5 Å². The molecule has 0 saturated heterocycles. The van der Waals surface area contributed by atoms with E-state index in [0.29, 0.717) is 12.1 Å². The third kappa shape index (κ3) is 8.58. The van der Waals surface area contributed by atoms with Gasteiger partial charge in [-0.1, -0.05) is 20.8 Å². The van der Waals surface area contributed by atoms with Crippen LogP contribution in [0.5, 0.6) is 0 Å². The van der Waals surface area contributed by atoms with E-state index in [1.807, 2.05) is 0 Å². The van der Waals surface area contributed by atoms with Crippen molar-refractivity contribution in [1.29, 1.82) is 0 Å². The zero-order chi connectivity index (χ0) is 13.3. The molecule has 3 nitrogen and oxygen atoms in total. The highest BCUT2D eigenvalue weighted by Gasteiger charge is 2.22. The Hall–Kier alpha value is -0.120. The second kappa shape index (κ2) is 8.90. The van der Waals surface area contributed by atoms with Gasteiger partial charge in [-0.2, -0.15) is 0 Å². The zero-order valence-corrected chi connectivity index (χ0v) is 12.3. The summed E-state index contributed by atoms with van der Waals surface area (Å²) in [4.78, 5) is 0. The predicted octanol–water partition coefficient (Wildman–Crippen LogP) is 2.72. The van der Waals surface area contributed by atoms with Crippen LogP contribution in [-0.4, -0.2) is 36.0 Å². The number of nitrogens with one attached hydrogen (secondary N) is 1. The molecule has 17 heavy (non-hydrogen) atoms. The molecule has 104 valence electrons. The van der Waals surface area contributed by atoms with Gasteiger partial charge in [-0.15, -0.1) is 0 Å². The van der Waals surface area contributed by atoms with Crippen molar-refractivity contribution in [2.75, 3.05) is 13.2 Å². The predicted molar refractivity (Wildman–Crippen MR) is 73.3 cm³/mol. The van der Waals surface area contributed by atoms with E-state index in [2.05, 4.69) is 39.9 Å². The van der Waals surface area contributed by atoms with Crippen LogP contribution in [0.15, 0.2) is 0 Å². The van der Waals surface area contributed by atoms with Crippen molar-refractivity contribution < 1.29 is 9.84 Å². The first-order valence-electron chi connectivity index (χ1n) is 6.93. The molecule has 0 aliphatic rings. The molecular formula is C14H31NO2. The van der Waals surface area contributed by atoms with Gasteiger partial charge in [0, 0.05) is 18.2 Å². The third-order valence-electron chi connectivity index (χ3n) is 3.09. The molecule has 2 N–H and O–H groups in total. The standard InChI is InChI=1S/C14H31NO2/c1-6-13(4)17-10-8-7-9-14(5,11-16)15-12(2)3/h12-13,15-16H,6-11H2,1-5H3. The van der Waals surface area contributed by atoms with Crippen LogP contribution in [0.3, 0.4) is 0 Å². The van der Waals surface area contributed by atoms with Gasteiger partial charge in [-0.25, -0.2) is 0 Å². The molecule has 0 aliphatic carbocycles. The molecule has 0 radical (unpaired) electrons. The molecule has 0 aromatic rings. The van der Waals surface area contributed by atoms with Crippen LogP contribution >= 0.6 is 0 Å². The minimum Gasteiger partial charge on any atom is -0.394 e. The van der Waals surface area contributed by atoms with Crippen molar-refractivity contribution in [3.8, 4) is 0 Å². The molecule has 3 heteroatoms. The number of rotatable bonds is 10. The maximum absolute atomic E-state index is 9.42. The van der Waals surface area contributed by atoms with Gasteiger partial charge >= 0.3 is 0 Å². The summed E-state index contributed by atoms with van der Waals surface area (Å²) in [5.74, 6) is 0. The summed E-state index contributed by atoms with van der Waals surface area (Å²) in [5.41, 5.74) is -0.148. The highest BCUT2D eigenvalue weighted by atomic mass is 16.5. The quantitative estimate of drug-likeness (QED) is 0.582. The van der Waals surface area contributed by atoms with E-state index in [1.165, 1.54) is 0 Å². The van der Waals surface area contributed by atoms with Crippen molar-refractivity contribution >= 4 is 0 Å². The number of unbranched alkanes of at least 4 members (excludes halogenated alkanes) is 1. The van der Waals surface area contributed by atoms with Gasteiger partial charge in [0.05, 0.1) is 12.7 Å². The van der Waals surface area contributed by atoms with Crippen molar-refractivity contribution in [1.82, 2.24) is 5.32 Å². The van der Waals surface area contributed by atoms with Gasteiger partial charge in [0.15, 0.2) is 0 Å². The van der Waals surface area contributed by atoms with Gasteiger partial charge in [0.1, 0.15) is 0 Å². The number of hydrogen-bond acceptors (Lipinski definition) is 3. The van der Waals surface area contributed by atoms with Crippen LogP contribution in [0, 0.1) is 0 Å². The minimum atomic E-state index is -0.148. The maximum atomic E-state index is 9.42. The van der Waals surface area contributed by atoms with Crippen molar-refractivity contribution in [3.05, 3.63) is 0 Å². The molecule has 0 aliphatic heterocycles. The second-order valence-electron chi connectivity index (χ2n) is 5.56. The smallest absolute Gasteiger partial charge is 0.0610 e. The van der Waals surface area contributed by atoms with Gasteiger partial charge in [0.25, 0.3) is 0 Å². The minimum absolute atomic E-state index is 0.148. The van der Waals surface area contributed by atoms with Crippen LogP contribution in [0.1, 0.15) is 60.3 Å². The Labute approximate surface area is 107 Å². The van der Waals surface area contributed by atoms with Crippen LogP contribution in [0.2, 0.25) is 0 Å². The van der Waals surface area contributed by atoms with Gasteiger partial charge in [-0.3, -0.25) is 0 Å². The topological polar surface area (TPSA) is 41.5 Å². The lowest BCUT2D eigenvalue weighted by atomic mass is 9.95. The lowest BCUT2D eigenvalue weighted by molar-refractivity contribution is 0.0585. The number of aliphatic hydroxyl groups is 1. The molecular weight excluding hydrogens is 214 g/mol. The average molecular weight is 245 g/mol. The normalized spacial score (nSPS) is 17.1. The van der Waals surface area contributed by atoms with Crippen molar-refractivity contribution in [2.24, 2.45) is 0 Å². The first-order chi connectivity index (χ1) is 7.93. The van der Waals surface area contributed by atoms with Crippen LogP contribution in [0.4, 0.5) is 0 Å². The fraction of sp³-hybridized carbons (Fsp3) is 1.00. The Bertz CT molecular complexity index is 185. The van der Waals surface area contributed by atoms with Crippen LogP contribution in [0.25, 0.3) is 0 Å². The number of ether oxygens (including phenoxy) is 1. The molecule has 2 atom stereocenters. The summed E-state index contributed by atoms with van der Waals surface area (Å²) >= 11 is 0. The largest absolute Gasteiger partial charge is 0.394 e. The van der Waals surface area contributed by atoms with Crippen molar-refractivity contribution in [3.63, 3.8) is 0 Å². The molecule has 0 aromatic heterocycles. The summed E-state index contributed by atoms with van der Waals surface area (Å²) in [7, 11) is 0. The van der Waals surface area contributed by atoms with E-state index in [4.69, 9.17) is 4.74 Å². The fourth-order valence-electron chi connectivity index (χ4n) is 1.91. The Kier molecular flexibility index (Phi) is 8.83. The summed E-state index contributed by atoms with van der Waals surface area (Å²) in [6.07, 6.45) is 4.59. The Balaban J connectivity index is 3.69. The summed E-state index contributed by atoms with van der Waals surface area (Å²) < 4.78 is 5.64. The van der Waals surface area contributed by atoms with Gasteiger partial charge < -0.3 is 15.2 Å². The number of aliphatic hydroxyl groups excluding tert-OH is 1. The van der Waals surface area contributed by atoms with E-state index >= 15 is 0 Å². The summed E-state index contributed by atoms with van der Waals surface area (Å²) in [6, 6.07) is 0.406. The molecule has 0 rings (SSSR count). The zero-order valence-electron chi connectivity index (χ0n) is 12.3. The average Bonchev–Trinajstić information content (AvgIpc) is 2.27. The van der Waals surface area contributed by atoms with E-state index in [9.17, 15) is 5.11 Å². The SMILES string of the molecule is CCC(C)OCCCCC(C)(CO)NC(C)C. The molecule has 2 unspecified atom stereocenters. The molecule has 0 heterocycles. The fourth-order valence-corrected chi connectivity index (χ4v) is 1.91. The van der Waals surface area contributed by atoms with E-state index in [-0.39, 0.29) is 12.1 Å². The Morgan fingerprint density at radius 2 is 1.88 bits per heavy atom. The third-order valence-corrected chi connectivity index (χ3v) is 3.09. The van der Waals surface area contributed by atoms with E-state index in [1.54, 1.807) is 0 Å². The lowest BCUT2D eigenvalue weighted by Gasteiger charge is -2.31. The molecule has 0 fully saturated rings. The first kappa shape index (κ1) is 16.9. The highest BCUT2D eigenvalue weighted by Crippen LogP contribution is 2.14. The van der Waals surface area contributed by atoms with E-state index in [0.717, 1.165) is 32.3 Å². The number of hydrogen-bond donors (Lipinski definition) is 2. The maximum Gasteiger partial charge on any atom is 0.0610 e. The molecule has 0 bridgehead atoms. The Morgan fingerprint density at radius 1 is 1.24 bits per heavy atom. The van der Waals surface area contributed by atoms with Crippen LogP contribution < -0.4 is 5.32 Å². The Morgan fingerprint density at radius 3 is 2.35 bits per heavy atom. The molecule has 0 spiro atoms. The monoisotopic (exact) mass is 245 g/mol. The van der Waals surface area contributed by atoms with E-state index < -0.39 is 0 Å².